The van der Waals surface area contributed by atoms with E-state index in [1.807, 2.05) is 0 Å². The largest absolute Gasteiger partial charge is 0.390 e. The normalized spacial score (nSPS) is 31.7. The van der Waals surface area contributed by atoms with Crippen LogP contribution in [-0.2, 0) is 0 Å². The maximum atomic E-state index is 9.85. The SMILES string of the molecule is CCC1=CCC(O)(CC)CC1. The minimum atomic E-state index is -0.376. The van der Waals surface area contributed by atoms with Gasteiger partial charge in [0.2, 0.25) is 0 Å². The molecule has 1 aliphatic rings. The van der Waals surface area contributed by atoms with E-state index in [0.29, 0.717) is 0 Å². The Morgan fingerprint density at radius 1 is 1.55 bits per heavy atom. The van der Waals surface area contributed by atoms with Gasteiger partial charge in [-0.05, 0) is 32.1 Å². The molecular weight excluding hydrogens is 136 g/mol. The van der Waals surface area contributed by atoms with Gasteiger partial charge in [0.25, 0.3) is 0 Å². The average molecular weight is 154 g/mol. The van der Waals surface area contributed by atoms with Crippen LogP contribution < -0.4 is 0 Å². The molecule has 0 spiro atoms. The predicted octanol–water partition coefficient (Wildman–Crippen LogP) is 2.65. The molecule has 0 saturated heterocycles. The van der Waals surface area contributed by atoms with Crippen LogP contribution in [0.2, 0.25) is 0 Å². The van der Waals surface area contributed by atoms with Crippen molar-refractivity contribution in [2.75, 3.05) is 0 Å². The Bertz CT molecular complexity index is 160. The van der Waals surface area contributed by atoms with Gasteiger partial charge in [-0.3, -0.25) is 0 Å². The van der Waals surface area contributed by atoms with Crippen LogP contribution in [0.15, 0.2) is 11.6 Å². The molecule has 11 heavy (non-hydrogen) atoms. The van der Waals surface area contributed by atoms with Crippen molar-refractivity contribution < 1.29 is 5.11 Å². The highest BCUT2D eigenvalue weighted by atomic mass is 16.3. The lowest BCUT2D eigenvalue weighted by atomic mass is 9.83. The third-order valence-corrected chi connectivity index (χ3v) is 2.79. The van der Waals surface area contributed by atoms with Crippen LogP contribution in [0.4, 0.5) is 0 Å². The van der Waals surface area contributed by atoms with Gasteiger partial charge in [0, 0.05) is 0 Å². The monoisotopic (exact) mass is 154 g/mol. The van der Waals surface area contributed by atoms with E-state index in [0.717, 1.165) is 32.1 Å². The zero-order valence-electron chi connectivity index (χ0n) is 7.56. The fourth-order valence-electron chi connectivity index (χ4n) is 1.57. The molecule has 0 amide bonds. The topological polar surface area (TPSA) is 20.2 Å². The quantitative estimate of drug-likeness (QED) is 0.606. The third kappa shape index (κ3) is 2.06. The highest BCUT2D eigenvalue weighted by Gasteiger charge is 2.26. The lowest BCUT2D eigenvalue weighted by molar-refractivity contribution is 0.0258. The van der Waals surface area contributed by atoms with E-state index in [4.69, 9.17) is 0 Å². The molecule has 1 nitrogen and oxygen atoms in total. The molecular formula is C10H18O. The molecule has 1 N–H and O–H groups in total. The minimum Gasteiger partial charge on any atom is -0.390 e. The molecule has 0 aromatic heterocycles. The maximum Gasteiger partial charge on any atom is 0.0682 e. The summed E-state index contributed by atoms with van der Waals surface area (Å²) in [5.41, 5.74) is 1.14. The molecule has 1 atom stereocenters. The molecule has 1 rings (SSSR count). The zero-order chi connectivity index (χ0) is 8.32. The van der Waals surface area contributed by atoms with Crippen LogP contribution in [-0.4, -0.2) is 10.7 Å². The maximum absolute atomic E-state index is 9.85. The van der Waals surface area contributed by atoms with Gasteiger partial charge in [-0.15, -0.1) is 0 Å². The van der Waals surface area contributed by atoms with Gasteiger partial charge in [0.05, 0.1) is 5.60 Å². The Hall–Kier alpha value is -0.300. The smallest absolute Gasteiger partial charge is 0.0682 e. The molecule has 64 valence electrons. The highest BCUT2D eigenvalue weighted by molar-refractivity contribution is 5.09. The summed E-state index contributed by atoms with van der Waals surface area (Å²) in [6.07, 6.45) is 7.18. The van der Waals surface area contributed by atoms with Crippen molar-refractivity contribution in [2.45, 2.75) is 51.6 Å². The van der Waals surface area contributed by atoms with Crippen LogP contribution in [0.1, 0.15) is 46.0 Å². The van der Waals surface area contributed by atoms with Crippen LogP contribution >= 0.6 is 0 Å². The molecule has 0 aliphatic heterocycles. The molecule has 0 fully saturated rings. The molecule has 0 heterocycles. The van der Waals surface area contributed by atoms with Crippen molar-refractivity contribution in [3.63, 3.8) is 0 Å². The van der Waals surface area contributed by atoms with Gasteiger partial charge in [-0.1, -0.05) is 25.5 Å². The van der Waals surface area contributed by atoms with Crippen LogP contribution in [0.5, 0.6) is 0 Å². The molecule has 0 saturated carbocycles. The molecule has 1 unspecified atom stereocenters. The van der Waals surface area contributed by atoms with Crippen molar-refractivity contribution in [3.8, 4) is 0 Å². The van der Waals surface area contributed by atoms with Crippen molar-refractivity contribution >= 4 is 0 Å². The van der Waals surface area contributed by atoms with E-state index in [-0.39, 0.29) is 5.60 Å². The lowest BCUT2D eigenvalue weighted by Gasteiger charge is -2.30. The number of hydrogen-bond donors (Lipinski definition) is 1. The second-order valence-electron chi connectivity index (χ2n) is 3.50. The Kier molecular flexibility index (Phi) is 2.72. The van der Waals surface area contributed by atoms with Crippen molar-refractivity contribution in [1.82, 2.24) is 0 Å². The summed E-state index contributed by atoms with van der Waals surface area (Å²) in [4.78, 5) is 0. The summed E-state index contributed by atoms with van der Waals surface area (Å²) in [6, 6.07) is 0. The molecule has 0 aromatic carbocycles. The molecule has 0 radical (unpaired) electrons. The first kappa shape index (κ1) is 8.79. The Morgan fingerprint density at radius 3 is 2.64 bits per heavy atom. The second-order valence-corrected chi connectivity index (χ2v) is 3.50. The van der Waals surface area contributed by atoms with E-state index < -0.39 is 0 Å². The average Bonchev–Trinajstić information content (AvgIpc) is 2.06. The van der Waals surface area contributed by atoms with E-state index in [9.17, 15) is 5.11 Å². The lowest BCUT2D eigenvalue weighted by Crippen LogP contribution is -2.29. The molecule has 1 aliphatic carbocycles. The fraction of sp³-hybridized carbons (Fsp3) is 0.800. The van der Waals surface area contributed by atoms with Crippen molar-refractivity contribution in [1.29, 1.82) is 0 Å². The number of aliphatic hydroxyl groups is 1. The van der Waals surface area contributed by atoms with Crippen molar-refractivity contribution in [2.24, 2.45) is 0 Å². The summed E-state index contributed by atoms with van der Waals surface area (Å²) in [5, 5.41) is 9.85. The highest BCUT2D eigenvalue weighted by Crippen LogP contribution is 2.30. The van der Waals surface area contributed by atoms with Gasteiger partial charge in [0.1, 0.15) is 0 Å². The Morgan fingerprint density at radius 2 is 2.27 bits per heavy atom. The Labute approximate surface area is 69.1 Å². The zero-order valence-corrected chi connectivity index (χ0v) is 7.56. The summed E-state index contributed by atoms with van der Waals surface area (Å²) in [7, 11) is 0. The number of allylic oxidation sites excluding steroid dienone is 1. The standard InChI is InChI=1S/C10H18O/c1-3-9-5-7-10(11,4-2)8-6-9/h5,11H,3-4,6-8H2,1-2H3. The molecule has 0 aromatic rings. The van der Waals surface area contributed by atoms with E-state index in [1.165, 1.54) is 5.57 Å². The van der Waals surface area contributed by atoms with Gasteiger partial charge in [-0.2, -0.15) is 0 Å². The summed E-state index contributed by atoms with van der Waals surface area (Å²) in [5.74, 6) is 0. The van der Waals surface area contributed by atoms with Crippen LogP contribution in [0.3, 0.4) is 0 Å². The van der Waals surface area contributed by atoms with Gasteiger partial charge >= 0.3 is 0 Å². The first-order valence-corrected chi connectivity index (χ1v) is 4.60. The predicted molar refractivity (Wildman–Crippen MR) is 47.5 cm³/mol. The second kappa shape index (κ2) is 3.40. The number of hydrogen-bond acceptors (Lipinski definition) is 1. The summed E-state index contributed by atoms with van der Waals surface area (Å²) >= 11 is 0. The van der Waals surface area contributed by atoms with Gasteiger partial charge in [-0.25, -0.2) is 0 Å². The molecule has 0 bridgehead atoms. The van der Waals surface area contributed by atoms with Crippen LogP contribution in [0, 0.1) is 0 Å². The Balaban J connectivity index is 2.53. The first-order valence-electron chi connectivity index (χ1n) is 4.60. The number of rotatable bonds is 2. The molecule has 1 heteroatoms. The van der Waals surface area contributed by atoms with Crippen molar-refractivity contribution in [3.05, 3.63) is 11.6 Å². The summed E-state index contributed by atoms with van der Waals surface area (Å²) in [6.45, 7) is 4.24. The fourth-order valence-corrected chi connectivity index (χ4v) is 1.57. The van der Waals surface area contributed by atoms with E-state index in [2.05, 4.69) is 19.9 Å². The van der Waals surface area contributed by atoms with Gasteiger partial charge < -0.3 is 5.11 Å². The van der Waals surface area contributed by atoms with E-state index in [1.54, 1.807) is 0 Å². The van der Waals surface area contributed by atoms with E-state index >= 15 is 0 Å². The summed E-state index contributed by atoms with van der Waals surface area (Å²) < 4.78 is 0. The minimum absolute atomic E-state index is 0.376. The third-order valence-electron chi connectivity index (χ3n) is 2.79. The van der Waals surface area contributed by atoms with Gasteiger partial charge in [0.15, 0.2) is 0 Å². The van der Waals surface area contributed by atoms with Crippen LogP contribution in [0.25, 0.3) is 0 Å². The first-order chi connectivity index (χ1) is 5.20.